The molecule has 0 rings (SSSR count). The number of nitrogens with one attached hydrogen (secondary N) is 1. The van der Waals surface area contributed by atoms with E-state index >= 15 is 0 Å². The lowest BCUT2D eigenvalue weighted by Gasteiger charge is -2.15. The zero-order chi connectivity index (χ0) is 8.53. The first-order valence-corrected chi connectivity index (χ1v) is 4.19. The van der Waals surface area contributed by atoms with Crippen molar-refractivity contribution in [3.8, 4) is 0 Å². The van der Waals surface area contributed by atoms with Gasteiger partial charge < -0.3 is 10.2 Å². The highest BCUT2D eigenvalue weighted by Crippen LogP contribution is 1.90. The molecule has 1 amide bonds. The van der Waals surface area contributed by atoms with Gasteiger partial charge in [-0.15, -0.1) is 0 Å². The molecule has 0 aromatic carbocycles. The van der Waals surface area contributed by atoms with Gasteiger partial charge in [0.2, 0.25) is 6.41 Å². The minimum absolute atomic E-state index is 0.819. The van der Waals surface area contributed by atoms with Crippen molar-refractivity contribution in [1.82, 2.24) is 10.2 Å². The molecule has 11 heavy (non-hydrogen) atoms. The van der Waals surface area contributed by atoms with Gasteiger partial charge >= 0.3 is 0 Å². The minimum Gasteiger partial charge on any atom is -0.344 e. The monoisotopic (exact) mass is 158 g/mol. The molecule has 0 radical (unpaired) electrons. The van der Waals surface area contributed by atoms with Gasteiger partial charge in [-0.1, -0.05) is 13.3 Å². The van der Waals surface area contributed by atoms with Crippen LogP contribution in [0.5, 0.6) is 0 Å². The van der Waals surface area contributed by atoms with E-state index in [9.17, 15) is 4.79 Å². The molecule has 1 N–H and O–H groups in total. The molecule has 0 aliphatic carbocycles. The number of carbonyl (C=O) groups is 1. The Hall–Kier alpha value is -0.570. The largest absolute Gasteiger partial charge is 0.344 e. The number of hydrogen-bond donors (Lipinski definition) is 1. The van der Waals surface area contributed by atoms with Gasteiger partial charge in [-0.3, -0.25) is 4.79 Å². The van der Waals surface area contributed by atoms with Crippen molar-refractivity contribution in [2.45, 2.75) is 19.8 Å². The molecule has 0 saturated carbocycles. The summed E-state index contributed by atoms with van der Waals surface area (Å²) in [6, 6.07) is 0. The van der Waals surface area contributed by atoms with Crippen LogP contribution in [0.4, 0.5) is 0 Å². The number of unbranched alkanes of at least 4 members (excludes halogenated alkanes) is 1. The fourth-order valence-corrected chi connectivity index (χ4v) is 0.834. The van der Waals surface area contributed by atoms with Crippen LogP contribution in [0.2, 0.25) is 0 Å². The van der Waals surface area contributed by atoms with Crippen LogP contribution in [-0.4, -0.2) is 38.0 Å². The van der Waals surface area contributed by atoms with E-state index in [0.717, 1.165) is 38.9 Å². The average molecular weight is 158 g/mol. The number of likely N-dealkylation sites (N-methyl/N-ethyl adjacent to an activating group) is 1. The maximum atomic E-state index is 10.4. The van der Waals surface area contributed by atoms with Crippen LogP contribution in [0.3, 0.4) is 0 Å². The smallest absolute Gasteiger partial charge is 0.209 e. The Morgan fingerprint density at radius 3 is 2.64 bits per heavy atom. The van der Waals surface area contributed by atoms with Gasteiger partial charge in [0.25, 0.3) is 0 Å². The molecule has 0 atom stereocenters. The fraction of sp³-hybridized carbons (Fsp3) is 0.875. The number of rotatable bonds is 7. The Balaban J connectivity index is 3.33. The Kier molecular flexibility index (Phi) is 7.15. The van der Waals surface area contributed by atoms with Crippen LogP contribution < -0.4 is 5.32 Å². The summed E-state index contributed by atoms with van der Waals surface area (Å²) in [5.74, 6) is 0. The third kappa shape index (κ3) is 5.85. The first-order chi connectivity index (χ1) is 5.35. The van der Waals surface area contributed by atoms with E-state index < -0.39 is 0 Å². The van der Waals surface area contributed by atoms with Crippen molar-refractivity contribution in [2.75, 3.05) is 26.7 Å². The second-order valence-electron chi connectivity index (χ2n) is 2.60. The maximum absolute atomic E-state index is 10.4. The summed E-state index contributed by atoms with van der Waals surface area (Å²) in [5.41, 5.74) is 0. The van der Waals surface area contributed by atoms with Gasteiger partial charge in [-0.05, 0) is 13.5 Å². The molecule has 0 spiro atoms. The lowest BCUT2D eigenvalue weighted by atomic mass is 10.3. The van der Waals surface area contributed by atoms with Crippen LogP contribution in [0.15, 0.2) is 0 Å². The van der Waals surface area contributed by atoms with Gasteiger partial charge in [-0.2, -0.15) is 0 Å². The van der Waals surface area contributed by atoms with Gasteiger partial charge in [0.05, 0.1) is 0 Å². The summed E-state index contributed by atoms with van der Waals surface area (Å²) in [6.45, 7) is 4.71. The van der Waals surface area contributed by atoms with Crippen LogP contribution >= 0.6 is 0 Å². The van der Waals surface area contributed by atoms with Crippen LogP contribution in [0.25, 0.3) is 0 Å². The normalized spacial score (nSPS) is 9.64. The lowest BCUT2D eigenvalue weighted by Crippen LogP contribution is -2.30. The van der Waals surface area contributed by atoms with Crippen molar-refractivity contribution in [2.24, 2.45) is 0 Å². The molecule has 66 valence electrons. The zero-order valence-corrected chi connectivity index (χ0v) is 7.47. The topological polar surface area (TPSA) is 32.3 Å². The van der Waals surface area contributed by atoms with Gasteiger partial charge in [0, 0.05) is 19.6 Å². The molecule has 0 saturated heterocycles. The predicted octanol–water partition coefficient (Wildman–Crippen LogP) is 0.464. The second kappa shape index (κ2) is 7.54. The molecule has 3 nitrogen and oxygen atoms in total. The molecule has 0 unspecified atom stereocenters. The quantitative estimate of drug-likeness (QED) is 0.546. The summed E-state index contributed by atoms with van der Waals surface area (Å²) in [7, 11) is 1.89. The highest BCUT2D eigenvalue weighted by atomic mass is 16.1. The van der Waals surface area contributed by atoms with Crippen LogP contribution in [0.1, 0.15) is 19.8 Å². The maximum Gasteiger partial charge on any atom is 0.209 e. The molecule has 3 heteroatoms. The molecule has 0 aromatic heterocycles. The standard InChI is InChI=1S/C8H18N2O/c1-3-4-6-10(8-11)7-5-9-2/h8-9H,3-7H2,1-2H3. The fourth-order valence-electron chi connectivity index (χ4n) is 0.834. The van der Waals surface area contributed by atoms with E-state index in [2.05, 4.69) is 12.2 Å². The van der Waals surface area contributed by atoms with Crippen LogP contribution in [-0.2, 0) is 4.79 Å². The Morgan fingerprint density at radius 2 is 2.18 bits per heavy atom. The number of carbonyl (C=O) groups excluding carboxylic acids is 1. The van der Waals surface area contributed by atoms with Crippen molar-refractivity contribution < 1.29 is 4.79 Å². The molecular weight excluding hydrogens is 140 g/mol. The van der Waals surface area contributed by atoms with Crippen molar-refractivity contribution in [1.29, 1.82) is 0 Å². The predicted molar refractivity (Wildman–Crippen MR) is 46.5 cm³/mol. The third-order valence-corrected chi connectivity index (χ3v) is 1.60. The molecule has 0 bridgehead atoms. The SMILES string of the molecule is CCCCN(C=O)CCNC. The zero-order valence-electron chi connectivity index (χ0n) is 7.47. The van der Waals surface area contributed by atoms with Gasteiger partial charge in [0.15, 0.2) is 0 Å². The second-order valence-corrected chi connectivity index (χ2v) is 2.60. The first-order valence-electron chi connectivity index (χ1n) is 4.19. The lowest BCUT2D eigenvalue weighted by molar-refractivity contribution is -0.118. The number of amides is 1. The molecule has 0 aliphatic rings. The molecule has 0 fully saturated rings. The summed E-state index contributed by atoms with van der Waals surface area (Å²) >= 11 is 0. The van der Waals surface area contributed by atoms with Crippen molar-refractivity contribution >= 4 is 6.41 Å². The van der Waals surface area contributed by atoms with Crippen molar-refractivity contribution in [3.63, 3.8) is 0 Å². The van der Waals surface area contributed by atoms with E-state index in [0.29, 0.717) is 0 Å². The molecular formula is C8H18N2O. The average Bonchev–Trinajstić information content (AvgIpc) is 2.05. The summed E-state index contributed by atoms with van der Waals surface area (Å²) in [5, 5.41) is 3.01. The summed E-state index contributed by atoms with van der Waals surface area (Å²) < 4.78 is 0. The van der Waals surface area contributed by atoms with Crippen molar-refractivity contribution in [3.05, 3.63) is 0 Å². The minimum atomic E-state index is 0.819. The highest BCUT2D eigenvalue weighted by Gasteiger charge is 1.97. The highest BCUT2D eigenvalue weighted by molar-refractivity contribution is 5.46. The Bertz CT molecular complexity index is 88.1. The first kappa shape index (κ1) is 10.4. The third-order valence-electron chi connectivity index (χ3n) is 1.60. The van der Waals surface area contributed by atoms with E-state index in [1.54, 1.807) is 4.90 Å². The van der Waals surface area contributed by atoms with Crippen LogP contribution in [0, 0.1) is 0 Å². The van der Waals surface area contributed by atoms with Gasteiger partial charge in [-0.25, -0.2) is 0 Å². The molecule has 0 aliphatic heterocycles. The number of hydrogen-bond acceptors (Lipinski definition) is 2. The summed E-state index contributed by atoms with van der Waals surface area (Å²) in [6.07, 6.45) is 3.17. The number of nitrogens with zero attached hydrogens (tertiary/aromatic N) is 1. The van der Waals surface area contributed by atoms with E-state index in [4.69, 9.17) is 0 Å². The van der Waals surface area contributed by atoms with E-state index in [1.165, 1.54) is 0 Å². The Labute approximate surface area is 68.8 Å². The molecule has 0 aromatic rings. The summed E-state index contributed by atoms with van der Waals surface area (Å²) in [4.78, 5) is 12.2. The van der Waals surface area contributed by atoms with Gasteiger partial charge in [0.1, 0.15) is 0 Å². The van der Waals surface area contributed by atoms with E-state index in [-0.39, 0.29) is 0 Å². The Morgan fingerprint density at radius 1 is 1.45 bits per heavy atom. The molecule has 0 heterocycles. The van der Waals surface area contributed by atoms with E-state index in [1.807, 2.05) is 7.05 Å².